The standard InChI is InChI=1S/C12H18ClN3O/c1-9(2)15(10(3)4)14-16(17)12-7-5-11(13)6-8-12/h5-10H,1-4H3/b16-14-. The first-order valence-electron chi connectivity index (χ1n) is 5.64. The molecule has 0 N–H and O–H groups in total. The van der Waals surface area contributed by atoms with Gasteiger partial charge < -0.3 is 5.21 Å². The lowest BCUT2D eigenvalue weighted by Crippen LogP contribution is -2.33. The summed E-state index contributed by atoms with van der Waals surface area (Å²) < 4.78 is 0. The van der Waals surface area contributed by atoms with Gasteiger partial charge in [0.15, 0.2) is 5.69 Å². The highest BCUT2D eigenvalue weighted by Gasteiger charge is 2.18. The van der Waals surface area contributed by atoms with Gasteiger partial charge in [0.2, 0.25) is 0 Å². The van der Waals surface area contributed by atoms with Crippen LogP contribution < -0.4 is 0 Å². The summed E-state index contributed by atoms with van der Waals surface area (Å²) in [5.74, 6) is 0. The molecule has 4 nitrogen and oxygen atoms in total. The predicted octanol–water partition coefficient (Wildman–Crippen LogP) is 3.97. The van der Waals surface area contributed by atoms with Crippen molar-refractivity contribution in [1.82, 2.24) is 5.01 Å². The van der Waals surface area contributed by atoms with E-state index in [1.54, 1.807) is 29.3 Å². The number of benzene rings is 1. The highest BCUT2D eigenvalue weighted by Crippen LogP contribution is 2.17. The van der Waals surface area contributed by atoms with Gasteiger partial charge in [-0.15, -0.1) is 4.86 Å². The summed E-state index contributed by atoms with van der Waals surface area (Å²) in [5.41, 5.74) is 0.473. The van der Waals surface area contributed by atoms with Gasteiger partial charge in [0.25, 0.3) is 0 Å². The largest absolute Gasteiger partial charge is 0.691 e. The molecule has 0 saturated heterocycles. The molecule has 0 bridgehead atoms. The van der Waals surface area contributed by atoms with Gasteiger partial charge in [-0.3, -0.25) is 0 Å². The van der Waals surface area contributed by atoms with E-state index in [0.29, 0.717) is 15.6 Å². The molecule has 0 saturated carbocycles. The van der Waals surface area contributed by atoms with E-state index < -0.39 is 0 Å². The van der Waals surface area contributed by atoms with Crippen molar-refractivity contribution >= 4 is 17.3 Å². The van der Waals surface area contributed by atoms with Crippen LogP contribution in [0.3, 0.4) is 0 Å². The lowest BCUT2D eigenvalue weighted by Gasteiger charge is -2.20. The molecule has 0 amide bonds. The van der Waals surface area contributed by atoms with Crippen molar-refractivity contribution in [3.63, 3.8) is 0 Å². The maximum Gasteiger partial charge on any atom is 0.154 e. The summed E-state index contributed by atoms with van der Waals surface area (Å²) in [6.07, 6.45) is 0. The maximum absolute atomic E-state index is 11.8. The molecule has 0 heterocycles. The summed E-state index contributed by atoms with van der Waals surface area (Å²) in [6, 6.07) is 7.01. The van der Waals surface area contributed by atoms with Crippen LogP contribution in [-0.2, 0) is 0 Å². The summed E-state index contributed by atoms with van der Waals surface area (Å²) in [6.45, 7) is 8.00. The minimum Gasteiger partial charge on any atom is -0.691 e. The molecule has 0 radical (unpaired) electrons. The van der Waals surface area contributed by atoms with E-state index in [2.05, 4.69) is 5.22 Å². The van der Waals surface area contributed by atoms with Crippen molar-refractivity contribution in [2.75, 3.05) is 0 Å². The Morgan fingerprint density at radius 1 is 1.12 bits per heavy atom. The minimum absolute atomic E-state index is 0.179. The Morgan fingerprint density at radius 2 is 1.59 bits per heavy atom. The smallest absolute Gasteiger partial charge is 0.154 e. The maximum atomic E-state index is 11.8. The van der Waals surface area contributed by atoms with Crippen LogP contribution in [0.25, 0.3) is 0 Å². The first-order valence-corrected chi connectivity index (χ1v) is 6.02. The second kappa shape index (κ2) is 5.87. The molecule has 0 unspecified atom stereocenters. The Hall–Kier alpha value is -1.29. The number of nitrogens with zero attached hydrogens (tertiary/aromatic N) is 3. The highest BCUT2D eigenvalue weighted by atomic mass is 35.5. The Labute approximate surface area is 107 Å². The molecule has 17 heavy (non-hydrogen) atoms. The lowest BCUT2D eigenvalue weighted by atomic mass is 10.3. The van der Waals surface area contributed by atoms with E-state index in [1.807, 2.05) is 27.7 Å². The fourth-order valence-electron chi connectivity index (χ4n) is 1.52. The van der Waals surface area contributed by atoms with Gasteiger partial charge in [-0.2, -0.15) is 5.01 Å². The van der Waals surface area contributed by atoms with Crippen LogP contribution in [0.15, 0.2) is 29.5 Å². The second-order valence-electron chi connectivity index (χ2n) is 4.41. The first kappa shape index (κ1) is 13.8. The number of hydrogen-bond acceptors (Lipinski definition) is 2. The molecule has 0 aliphatic rings. The van der Waals surface area contributed by atoms with E-state index in [0.717, 1.165) is 0 Å². The average molecular weight is 256 g/mol. The molecule has 0 fully saturated rings. The Morgan fingerprint density at radius 3 is 2.00 bits per heavy atom. The third-order valence-corrected chi connectivity index (χ3v) is 2.54. The molecule has 94 valence electrons. The average Bonchev–Trinajstić information content (AvgIpc) is 2.25. The third kappa shape index (κ3) is 3.89. The van der Waals surface area contributed by atoms with Gasteiger partial charge in [-0.25, -0.2) is 0 Å². The quantitative estimate of drug-likeness (QED) is 0.464. The van der Waals surface area contributed by atoms with E-state index in [-0.39, 0.29) is 12.1 Å². The Bertz CT molecular complexity index is 379. The van der Waals surface area contributed by atoms with E-state index in [4.69, 9.17) is 11.6 Å². The molecule has 1 aromatic carbocycles. The second-order valence-corrected chi connectivity index (χ2v) is 4.84. The summed E-state index contributed by atoms with van der Waals surface area (Å²) in [7, 11) is 0. The molecule has 0 spiro atoms. The Balaban J connectivity index is 2.94. The monoisotopic (exact) mass is 255 g/mol. The summed E-state index contributed by atoms with van der Waals surface area (Å²) in [4.78, 5) is 0.621. The Kier molecular flexibility index (Phi) is 4.75. The van der Waals surface area contributed by atoms with E-state index >= 15 is 0 Å². The van der Waals surface area contributed by atoms with Crippen LogP contribution in [0.5, 0.6) is 0 Å². The van der Waals surface area contributed by atoms with Crippen molar-refractivity contribution in [2.24, 2.45) is 5.22 Å². The molecule has 0 atom stereocenters. The molecule has 0 aliphatic carbocycles. The zero-order valence-corrected chi connectivity index (χ0v) is 11.3. The number of rotatable bonds is 4. The van der Waals surface area contributed by atoms with Crippen molar-refractivity contribution in [1.29, 1.82) is 0 Å². The van der Waals surface area contributed by atoms with Gasteiger partial charge in [0.1, 0.15) is 12.1 Å². The predicted molar refractivity (Wildman–Crippen MR) is 69.3 cm³/mol. The number of halogens is 1. The third-order valence-electron chi connectivity index (χ3n) is 2.29. The molecule has 0 aliphatic heterocycles. The van der Waals surface area contributed by atoms with Crippen molar-refractivity contribution in [3.8, 4) is 0 Å². The SMILES string of the molecule is CC(C)N(/N=[N+](\[O-])c1ccc(Cl)cc1)C(C)C. The highest BCUT2D eigenvalue weighted by molar-refractivity contribution is 6.30. The lowest BCUT2D eigenvalue weighted by molar-refractivity contribution is -0.464. The molecule has 1 rings (SSSR count). The first-order chi connectivity index (χ1) is 7.91. The molecule has 5 heteroatoms. The van der Waals surface area contributed by atoms with Crippen LogP contribution in [0.1, 0.15) is 27.7 Å². The van der Waals surface area contributed by atoms with Gasteiger partial charge in [0, 0.05) is 5.02 Å². The molecule has 1 aromatic rings. The van der Waals surface area contributed by atoms with Crippen LogP contribution in [0, 0.1) is 5.21 Å². The molecular weight excluding hydrogens is 238 g/mol. The molecule has 0 aromatic heterocycles. The zero-order chi connectivity index (χ0) is 13.0. The van der Waals surface area contributed by atoms with Crippen molar-refractivity contribution < 1.29 is 4.86 Å². The van der Waals surface area contributed by atoms with E-state index in [1.165, 1.54) is 0 Å². The van der Waals surface area contributed by atoms with Crippen molar-refractivity contribution in [2.45, 2.75) is 39.8 Å². The topological polar surface area (TPSA) is 41.7 Å². The summed E-state index contributed by atoms with van der Waals surface area (Å²) >= 11 is 5.76. The van der Waals surface area contributed by atoms with E-state index in [9.17, 15) is 5.21 Å². The van der Waals surface area contributed by atoms with Gasteiger partial charge in [-0.1, -0.05) is 11.6 Å². The normalized spacial score (nSPS) is 12.3. The zero-order valence-electron chi connectivity index (χ0n) is 10.6. The van der Waals surface area contributed by atoms with Crippen LogP contribution in [0.2, 0.25) is 5.02 Å². The molecular formula is C12H18ClN3O. The van der Waals surface area contributed by atoms with Crippen LogP contribution in [0.4, 0.5) is 5.69 Å². The van der Waals surface area contributed by atoms with Gasteiger partial charge in [-0.05, 0) is 52.0 Å². The van der Waals surface area contributed by atoms with Gasteiger partial charge in [0.05, 0.1) is 5.22 Å². The fourth-order valence-corrected chi connectivity index (χ4v) is 1.64. The van der Waals surface area contributed by atoms with Crippen LogP contribution in [-0.4, -0.2) is 22.0 Å². The van der Waals surface area contributed by atoms with Gasteiger partial charge >= 0.3 is 0 Å². The van der Waals surface area contributed by atoms with Crippen molar-refractivity contribution in [3.05, 3.63) is 34.5 Å². The summed E-state index contributed by atoms with van der Waals surface area (Å²) in [5, 5.41) is 18.3. The van der Waals surface area contributed by atoms with Crippen LogP contribution >= 0.6 is 11.6 Å². The fraction of sp³-hybridized carbons (Fsp3) is 0.500. The minimum atomic E-state index is 0.179. The number of hydrogen-bond donors (Lipinski definition) is 0.